The van der Waals surface area contributed by atoms with Crippen LogP contribution in [0.1, 0.15) is 61.5 Å². The highest BCUT2D eigenvalue weighted by Crippen LogP contribution is 2.21. The molecule has 23 heavy (non-hydrogen) atoms. The fourth-order valence-electron chi connectivity index (χ4n) is 2.82. The minimum absolute atomic E-state index is 0.264. The highest BCUT2D eigenvalue weighted by molar-refractivity contribution is 5.96. The molecule has 2 aromatic rings. The summed E-state index contributed by atoms with van der Waals surface area (Å²) in [6.07, 6.45) is 4.76. The van der Waals surface area contributed by atoms with Crippen LogP contribution in [-0.2, 0) is 12.8 Å². The van der Waals surface area contributed by atoms with E-state index in [1.165, 1.54) is 11.1 Å². The van der Waals surface area contributed by atoms with Crippen molar-refractivity contribution in [2.45, 2.75) is 52.9 Å². The Morgan fingerprint density at radius 1 is 0.826 bits per heavy atom. The number of carbonyl (C=O) groups excluding carboxylic acids is 1. The van der Waals surface area contributed by atoms with Gasteiger partial charge in [-0.1, -0.05) is 75.4 Å². The molecule has 0 aliphatic rings. The maximum Gasteiger partial charge on any atom is 0.162 e. The van der Waals surface area contributed by atoms with Crippen LogP contribution in [0.25, 0.3) is 0 Å². The minimum Gasteiger partial charge on any atom is -0.294 e. The summed E-state index contributed by atoms with van der Waals surface area (Å²) in [6.45, 7) is 6.70. The molecule has 0 aromatic heterocycles. The van der Waals surface area contributed by atoms with Gasteiger partial charge < -0.3 is 0 Å². The van der Waals surface area contributed by atoms with Gasteiger partial charge in [0.15, 0.2) is 5.78 Å². The number of rotatable bonds is 7. The first-order chi connectivity index (χ1) is 10.9. The molecule has 122 valence electrons. The van der Waals surface area contributed by atoms with Crippen LogP contribution in [0.5, 0.6) is 0 Å². The molecule has 0 heterocycles. The van der Waals surface area contributed by atoms with Crippen molar-refractivity contribution in [2.24, 2.45) is 5.41 Å². The van der Waals surface area contributed by atoms with E-state index in [-0.39, 0.29) is 11.2 Å². The monoisotopic (exact) mass is 308 g/mol. The number of Topliss-reactive ketones (excluding diaryl/α,β-unsaturated/α-hetero) is 1. The molecule has 0 bridgehead atoms. The average Bonchev–Trinajstić information content (AvgIpc) is 2.51. The van der Waals surface area contributed by atoms with Gasteiger partial charge in [0.05, 0.1) is 0 Å². The van der Waals surface area contributed by atoms with Crippen molar-refractivity contribution < 1.29 is 4.79 Å². The molecule has 2 rings (SSSR count). The van der Waals surface area contributed by atoms with Gasteiger partial charge in [-0.3, -0.25) is 4.79 Å². The number of hydrogen-bond acceptors (Lipinski definition) is 1. The largest absolute Gasteiger partial charge is 0.294 e. The highest BCUT2D eigenvalue weighted by atomic mass is 16.1. The van der Waals surface area contributed by atoms with Gasteiger partial charge in [0, 0.05) is 12.0 Å². The van der Waals surface area contributed by atoms with Crippen molar-refractivity contribution >= 4 is 5.78 Å². The van der Waals surface area contributed by atoms with Crippen molar-refractivity contribution in [2.75, 3.05) is 0 Å². The van der Waals surface area contributed by atoms with E-state index < -0.39 is 0 Å². The smallest absolute Gasteiger partial charge is 0.162 e. The first-order valence-corrected chi connectivity index (χ1v) is 8.60. The lowest BCUT2D eigenvalue weighted by Crippen LogP contribution is -2.09. The van der Waals surface area contributed by atoms with Crippen LogP contribution in [0.15, 0.2) is 54.6 Å². The molecule has 0 aliphatic heterocycles. The zero-order chi connectivity index (χ0) is 16.7. The molecule has 0 saturated heterocycles. The van der Waals surface area contributed by atoms with Gasteiger partial charge >= 0.3 is 0 Å². The van der Waals surface area contributed by atoms with E-state index in [9.17, 15) is 4.79 Å². The van der Waals surface area contributed by atoms with Gasteiger partial charge in [-0.25, -0.2) is 0 Å². The molecule has 0 unspecified atom stereocenters. The summed E-state index contributed by atoms with van der Waals surface area (Å²) in [4.78, 5) is 12.3. The topological polar surface area (TPSA) is 17.1 Å². The van der Waals surface area contributed by atoms with Gasteiger partial charge in [0.1, 0.15) is 0 Å². The molecular weight excluding hydrogens is 280 g/mol. The Kier molecular flexibility index (Phi) is 6.15. The van der Waals surface area contributed by atoms with Crippen LogP contribution in [0.2, 0.25) is 0 Å². The summed E-state index contributed by atoms with van der Waals surface area (Å²) < 4.78 is 0. The molecule has 0 atom stereocenters. The Morgan fingerprint density at radius 3 is 2.09 bits per heavy atom. The van der Waals surface area contributed by atoms with Crippen molar-refractivity contribution in [1.29, 1.82) is 0 Å². The standard InChI is InChI=1S/C22H28O/c1-22(2,3)17-19-13-15-20(16-14-19)21(23)12-8-7-11-18-9-5-4-6-10-18/h4-6,9-10,13-16H,7-8,11-12,17H2,1-3H3. The molecule has 0 fully saturated rings. The number of unbranched alkanes of at least 4 members (excludes halogenated alkanes) is 1. The fraction of sp³-hybridized carbons (Fsp3) is 0.409. The van der Waals surface area contributed by atoms with Gasteiger partial charge in [-0.15, -0.1) is 0 Å². The van der Waals surface area contributed by atoms with E-state index >= 15 is 0 Å². The second-order valence-electron chi connectivity index (χ2n) is 7.55. The lowest BCUT2D eigenvalue weighted by atomic mass is 9.88. The molecule has 2 aromatic carbocycles. The number of benzene rings is 2. The third-order valence-electron chi connectivity index (χ3n) is 3.97. The lowest BCUT2D eigenvalue weighted by Gasteiger charge is -2.18. The van der Waals surface area contributed by atoms with E-state index in [0.29, 0.717) is 6.42 Å². The Balaban J connectivity index is 1.77. The maximum atomic E-state index is 12.3. The average molecular weight is 308 g/mol. The van der Waals surface area contributed by atoms with E-state index in [2.05, 4.69) is 57.2 Å². The van der Waals surface area contributed by atoms with E-state index in [1.54, 1.807) is 0 Å². The molecule has 0 saturated carbocycles. The van der Waals surface area contributed by atoms with E-state index in [1.807, 2.05) is 18.2 Å². The summed E-state index contributed by atoms with van der Waals surface area (Å²) >= 11 is 0. The van der Waals surface area contributed by atoms with Crippen molar-refractivity contribution in [1.82, 2.24) is 0 Å². The third-order valence-corrected chi connectivity index (χ3v) is 3.97. The van der Waals surface area contributed by atoms with Crippen LogP contribution in [0.3, 0.4) is 0 Å². The molecule has 1 heteroatoms. The van der Waals surface area contributed by atoms with Gasteiger partial charge in [-0.05, 0) is 42.2 Å². The first-order valence-electron chi connectivity index (χ1n) is 8.60. The Labute approximate surface area is 140 Å². The second kappa shape index (κ2) is 8.10. The summed E-state index contributed by atoms with van der Waals surface area (Å²) in [7, 11) is 0. The highest BCUT2D eigenvalue weighted by Gasteiger charge is 2.12. The van der Waals surface area contributed by atoms with Crippen LogP contribution in [-0.4, -0.2) is 5.78 Å². The Bertz CT molecular complexity index is 603. The Hall–Kier alpha value is -1.89. The summed E-state index contributed by atoms with van der Waals surface area (Å²) in [5, 5.41) is 0. The fourth-order valence-corrected chi connectivity index (χ4v) is 2.82. The summed E-state index contributed by atoms with van der Waals surface area (Å²) in [5.41, 5.74) is 3.79. The molecule has 0 aliphatic carbocycles. The van der Waals surface area contributed by atoms with Crippen molar-refractivity contribution in [3.63, 3.8) is 0 Å². The molecule has 0 amide bonds. The molecular formula is C22H28O. The van der Waals surface area contributed by atoms with Crippen LogP contribution >= 0.6 is 0 Å². The van der Waals surface area contributed by atoms with Crippen LogP contribution in [0.4, 0.5) is 0 Å². The molecule has 0 N–H and O–H groups in total. The normalized spacial score (nSPS) is 11.4. The number of aryl methyl sites for hydroxylation is 1. The quantitative estimate of drug-likeness (QED) is 0.462. The van der Waals surface area contributed by atoms with Gasteiger partial charge in [-0.2, -0.15) is 0 Å². The lowest BCUT2D eigenvalue weighted by molar-refractivity contribution is 0.0979. The predicted octanol–water partition coefficient (Wildman–Crippen LogP) is 5.87. The van der Waals surface area contributed by atoms with E-state index in [4.69, 9.17) is 0 Å². The van der Waals surface area contributed by atoms with Crippen molar-refractivity contribution in [3.8, 4) is 0 Å². The summed E-state index contributed by atoms with van der Waals surface area (Å²) in [6, 6.07) is 18.6. The zero-order valence-electron chi connectivity index (χ0n) is 14.6. The molecule has 0 spiro atoms. The number of hydrogen-bond donors (Lipinski definition) is 0. The van der Waals surface area contributed by atoms with Crippen molar-refractivity contribution in [3.05, 3.63) is 71.3 Å². The molecule has 1 nitrogen and oxygen atoms in total. The Morgan fingerprint density at radius 2 is 1.48 bits per heavy atom. The SMILES string of the molecule is CC(C)(C)Cc1ccc(C(=O)CCCCc2ccccc2)cc1. The van der Waals surface area contributed by atoms with Gasteiger partial charge in [0.25, 0.3) is 0 Å². The predicted molar refractivity (Wildman–Crippen MR) is 97.9 cm³/mol. The second-order valence-corrected chi connectivity index (χ2v) is 7.55. The number of ketones is 1. The van der Waals surface area contributed by atoms with Gasteiger partial charge in [0.2, 0.25) is 0 Å². The van der Waals surface area contributed by atoms with E-state index in [0.717, 1.165) is 31.2 Å². The summed E-state index contributed by atoms with van der Waals surface area (Å²) in [5.74, 6) is 0.264. The number of carbonyl (C=O) groups is 1. The zero-order valence-corrected chi connectivity index (χ0v) is 14.6. The van der Waals surface area contributed by atoms with Crippen LogP contribution in [0, 0.1) is 5.41 Å². The minimum atomic E-state index is 0.264. The first kappa shape index (κ1) is 17.5. The maximum absolute atomic E-state index is 12.3. The van der Waals surface area contributed by atoms with Crippen LogP contribution < -0.4 is 0 Å². The third kappa shape index (κ3) is 6.40. The molecule has 0 radical (unpaired) electrons.